The summed E-state index contributed by atoms with van der Waals surface area (Å²) in [6.45, 7) is 0.420. The number of hydrogen-bond acceptors (Lipinski definition) is 4. The minimum absolute atomic E-state index is 0.139. The number of aromatic nitrogens is 2. The van der Waals surface area contributed by atoms with E-state index >= 15 is 0 Å². The number of anilines is 1. The highest BCUT2D eigenvalue weighted by Gasteiger charge is 2.14. The van der Waals surface area contributed by atoms with Gasteiger partial charge in [-0.25, -0.2) is 4.68 Å². The number of nitrogens with zero attached hydrogens (tertiary/aromatic N) is 2. The van der Waals surface area contributed by atoms with Crippen LogP contribution in [0, 0.1) is 0 Å². The Bertz CT molecular complexity index is 1000. The standard InChI is InChI=1S/C21H21Cl2N3O3/c1-28-17-8-4-6-15(21(17)29-2)13-26-18(11-12-24-26)25-19(27)10-9-14-5-3-7-16(22)20(14)23/h3-8,11-12H,9-10,13H2,1-2H3,(H,25,27). The first kappa shape index (κ1) is 21.0. The van der Waals surface area contributed by atoms with Gasteiger partial charge in [0.05, 0.1) is 37.0 Å². The van der Waals surface area contributed by atoms with Gasteiger partial charge < -0.3 is 14.8 Å². The van der Waals surface area contributed by atoms with Gasteiger partial charge in [0.15, 0.2) is 11.5 Å². The maximum Gasteiger partial charge on any atom is 0.225 e. The number of methoxy groups -OCH3 is 2. The number of rotatable bonds is 8. The van der Waals surface area contributed by atoms with Gasteiger partial charge in [-0.2, -0.15) is 5.10 Å². The molecule has 1 aromatic heterocycles. The van der Waals surface area contributed by atoms with Crippen LogP contribution in [0.1, 0.15) is 17.5 Å². The maximum absolute atomic E-state index is 12.4. The van der Waals surface area contributed by atoms with Crippen molar-refractivity contribution >= 4 is 34.9 Å². The van der Waals surface area contributed by atoms with E-state index in [0.29, 0.717) is 40.3 Å². The normalized spacial score (nSPS) is 10.6. The first-order valence-corrected chi connectivity index (χ1v) is 9.73. The summed E-state index contributed by atoms with van der Waals surface area (Å²) < 4.78 is 12.5. The molecule has 0 saturated heterocycles. The third-order valence-electron chi connectivity index (χ3n) is 4.44. The van der Waals surface area contributed by atoms with E-state index in [0.717, 1.165) is 11.1 Å². The van der Waals surface area contributed by atoms with Crippen molar-refractivity contribution in [1.29, 1.82) is 0 Å². The van der Waals surface area contributed by atoms with Gasteiger partial charge in [0.25, 0.3) is 0 Å². The Balaban J connectivity index is 1.68. The summed E-state index contributed by atoms with van der Waals surface area (Å²) in [7, 11) is 3.18. The summed E-state index contributed by atoms with van der Waals surface area (Å²) in [5.74, 6) is 1.73. The maximum atomic E-state index is 12.4. The Hall–Kier alpha value is -2.70. The number of carbonyl (C=O) groups is 1. The second-order valence-electron chi connectivity index (χ2n) is 6.29. The number of hydrogen-bond donors (Lipinski definition) is 1. The molecule has 0 radical (unpaired) electrons. The average Bonchev–Trinajstić information content (AvgIpc) is 3.15. The Kier molecular flexibility index (Phi) is 7.01. The van der Waals surface area contributed by atoms with Crippen LogP contribution in [-0.2, 0) is 17.8 Å². The Morgan fingerprint density at radius 1 is 1.07 bits per heavy atom. The number of nitrogens with one attached hydrogen (secondary N) is 1. The van der Waals surface area contributed by atoms with E-state index in [4.69, 9.17) is 32.7 Å². The van der Waals surface area contributed by atoms with Crippen LogP contribution < -0.4 is 14.8 Å². The van der Waals surface area contributed by atoms with Gasteiger partial charge in [-0.3, -0.25) is 4.79 Å². The molecule has 3 rings (SSSR count). The van der Waals surface area contributed by atoms with Crippen LogP contribution in [0.25, 0.3) is 0 Å². The molecule has 0 aliphatic heterocycles. The topological polar surface area (TPSA) is 65.4 Å². The van der Waals surface area contributed by atoms with E-state index in [9.17, 15) is 4.79 Å². The summed E-state index contributed by atoms with van der Waals surface area (Å²) in [4.78, 5) is 12.4. The third kappa shape index (κ3) is 5.02. The lowest BCUT2D eigenvalue weighted by Crippen LogP contribution is -2.16. The van der Waals surface area contributed by atoms with Crippen LogP contribution >= 0.6 is 23.2 Å². The molecule has 0 saturated carbocycles. The fourth-order valence-corrected chi connectivity index (χ4v) is 3.41. The molecule has 152 valence electrons. The molecule has 0 atom stereocenters. The number of aryl methyl sites for hydroxylation is 1. The SMILES string of the molecule is COc1cccc(Cn2nccc2NC(=O)CCc2cccc(Cl)c2Cl)c1OC. The second kappa shape index (κ2) is 9.67. The highest BCUT2D eigenvalue weighted by Crippen LogP contribution is 2.31. The summed E-state index contributed by atoms with van der Waals surface area (Å²) in [6.07, 6.45) is 2.40. The molecule has 2 aromatic carbocycles. The van der Waals surface area contributed by atoms with Crippen LogP contribution in [0.5, 0.6) is 11.5 Å². The van der Waals surface area contributed by atoms with Crippen LogP contribution in [0.15, 0.2) is 48.7 Å². The average molecular weight is 434 g/mol. The van der Waals surface area contributed by atoms with E-state index in [1.165, 1.54) is 0 Å². The number of para-hydroxylation sites is 1. The van der Waals surface area contributed by atoms with Gasteiger partial charge in [-0.1, -0.05) is 47.5 Å². The molecule has 3 aromatic rings. The van der Waals surface area contributed by atoms with Gasteiger partial charge in [-0.15, -0.1) is 0 Å². The van der Waals surface area contributed by atoms with Crippen molar-refractivity contribution in [2.75, 3.05) is 19.5 Å². The highest BCUT2D eigenvalue weighted by molar-refractivity contribution is 6.42. The fraction of sp³-hybridized carbons (Fsp3) is 0.238. The number of amides is 1. The first-order valence-electron chi connectivity index (χ1n) is 8.98. The van der Waals surface area contributed by atoms with E-state index in [2.05, 4.69) is 10.4 Å². The summed E-state index contributed by atoms with van der Waals surface area (Å²) >= 11 is 12.2. The number of carbonyl (C=O) groups excluding carboxylic acids is 1. The molecule has 1 amide bonds. The van der Waals surface area contributed by atoms with Gasteiger partial charge in [0, 0.05) is 18.1 Å². The van der Waals surface area contributed by atoms with E-state index in [1.807, 2.05) is 30.3 Å². The summed E-state index contributed by atoms with van der Waals surface area (Å²) in [5, 5.41) is 8.17. The minimum atomic E-state index is -0.139. The molecule has 0 fully saturated rings. The van der Waals surface area contributed by atoms with Crippen molar-refractivity contribution in [3.8, 4) is 11.5 Å². The molecule has 0 bridgehead atoms. The lowest BCUT2D eigenvalue weighted by Gasteiger charge is -2.14. The predicted octanol–water partition coefficient (Wildman–Crippen LogP) is 4.83. The predicted molar refractivity (Wildman–Crippen MR) is 114 cm³/mol. The molecule has 0 aliphatic carbocycles. The second-order valence-corrected chi connectivity index (χ2v) is 7.07. The van der Waals surface area contributed by atoms with Crippen molar-refractivity contribution in [2.24, 2.45) is 0 Å². The van der Waals surface area contributed by atoms with E-state index in [-0.39, 0.29) is 12.3 Å². The zero-order valence-corrected chi connectivity index (χ0v) is 17.6. The van der Waals surface area contributed by atoms with Crippen molar-refractivity contribution in [3.63, 3.8) is 0 Å². The van der Waals surface area contributed by atoms with Crippen LogP contribution in [0.2, 0.25) is 10.0 Å². The zero-order valence-electron chi connectivity index (χ0n) is 16.1. The molecule has 1 heterocycles. The smallest absolute Gasteiger partial charge is 0.225 e. The lowest BCUT2D eigenvalue weighted by molar-refractivity contribution is -0.116. The zero-order chi connectivity index (χ0) is 20.8. The van der Waals surface area contributed by atoms with Crippen LogP contribution in [0.4, 0.5) is 5.82 Å². The minimum Gasteiger partial charge on any atom is -0.493 e. The quantitative estimate of drug-likeness (QED) is 0.552. The molecular formula is C21H21Cl2N3O3. The van der Waals surface area contributed by atoms with Crippen molar-refractivity contribution in [3.05, 3.63) is 69.8 Å². The highest BCUT2D eigenvalue weighted by atomic mass is 35.5. The van der Waals surface area contributed by atoms with Crippen LogP contribution in [0.3, 0.4) is 0 Å². The largest absolute Gasteiger partial charge is 0.493 e. The molecule has 0 unspecified atom stereocenters. The lowest BCUT2D eigenvalue weighted by atomic mass is 10.1. The van der Waals surface area contributed by atoms with Crippen molar-refractivity contribution in [2.45, 2.75) is 19.4 Å². The Morgan fingerprint density at radius 3 is 2.59 bits per heavy atom. The van der Waals surface area contributed by atoms with Crippen molar-refractivity contribution < 1.29 is 14.3 Å². The molecule has 6 nitrogen and oxygen atoms in total. The summed E-state index contributed by atoms with van der Waals surface area (Å²) in [5.41, 5.74) is 1.72. The van der Waals surface area contributed by atoms with E-state index < -0.39 is 0 Å². The number of halogens is 2. The van der Waals surface area contributed by atoms with Gasteiger partial charge >= 0.3 is 0 Å². The Labute approximate surface area is 179 Å². The number of benzene rings is 2. The molecule has 29 heavy (non-hydrogen) atoms. The van der Waals surface area contributed by atoms with Crippen molar-refractivity contribution in [1.82, 2.24) is 9.78 Å². The van der Waals surface area contributed by atoms with Gasteiger partial charge in [0.2, 0.25) is 5.91 Å². The summed E-state index contributed by atoms with van der Waals surface area (Å²) in [6, 6.07) is 12.8. The first-order chi connectivity index (χ1) is 14.0. The molecule has 0 spiro atoms. The molecular weight excluding hydrogens is 413 g/mol. The van der Waals surface area contributed by atoms with Gasteiger partial charge in [0.1, 0.15) is 5.82 Å². The van der Waals surface area contributed by atoms with E-state index in [1.54, 1.807) is 37.2 Å². The Morgan fingerprint density at radius 2 is 1.83 bits per heavy atom. The monoisotopic (exact) mass is 433 g/mol. The molecule has 8 heteroatoms. The molecule has 0 aliphatic rings. The van der Waals surface area contributed by atoms with Gasteiger partial charge in [-0.05, 0) is 24.1 Å². The fourth-order valence-electron chi connectivity index (χ4n) is 3.00. The molecule has 1 N–H and O–H groups in total. The number of ether oxygens (including phenoxy) is 2. The van der Waals surface area contributed by atoms with Crippen LogP contribution in [-0.4, -0.2) is 29.9 Å². The third-order valence-corrected chi connectivity index (χ3v) is 5.30.